The molecule has 5 nitrogen and oxygen atoms in total. The lowest BCUT2D eigenvalue weighted by atomic mass is 10.2. The number of aromatic nitrogens is 1. The van der Waals surface area contributed by atoms with Crippen molar-refractivity contribution in [2.24, 2.45) is 0 Å². The lowest BCUT2D eigenvalue weighted by molar-refractivity contribution is 0.112. The van der Waals surface area contributed by atoms with Crippen molar-refractivity contribution < 1.29 is 9.53 Å². The molecule has 2 amide bonds. The molecule has 104 valence electrons. The maximum Gasteiger partial charge on any atom is 0.319 e. The Balaban J connectivity index is 1.74. The number of anilines is 1. The summed E-state index contributed by atoms with van der Waals surface area (Å²) in [5.74, 6) is 0.988. The van der Waals surface area contributed by atoms with E-state index in [4.69, 9.17) is 4.74 Å². The van der Waals surface area contributed by atoms with Crippen LogP contribution in [-0.4, -0.2) is 36.0 Å². The highest BCUT2D eigenvalue weighted by Crippen LogP contribution is 2.16. The van der Waals surface area contributed by atoms with E-state index in [-0.39, 0.29) is 12.1 Å². The van der Waals surface area contributed by atoms with Crippen molar-refractivity contribution >= 4 is 23.5 Å². The van der Waals surface area contributed by atoms with Gasteiger partial charge >= 0.3 is 6.03 Å². The molecule has 0 bridgehead atoms. The van der Waals surface area contributed by atoms with Crippen LogP contribution in [0.5, 0.6) is 0 Å². The summed E-state index contributed by atoms with van der Waals surface area (Å²) >= 11 is 1.67. The minimum atomic E-state index is -0.215. The smallest absolute Gasteiger partial charge is 0.319 e. The average molecular weight is 281 g/mol. The van der Waals surface area contributed by atoms with Gasteiger partial charge in [-0.05, 0) is 30.7 Å². The molecule has 1 aromatic rings. The van der Waals surface area contributed by atoms with Crippen molar-refractivity contribution in [2.45, 2.75) is 30.9 Å². The van der Waals surface area contributed by atoms with Gasteiger partial charge < -0.3 is 15.4 Å². The number of amides is 2. The van der Waals surface area contributed by atoms with Crippen LogP contribution in [0.25, 0.3) is 0 Å². The average Bonchev–Trinajstić information content (AvgIpc) is 2.92. The van der Waals surface area contributed by atoms with Crippen molar-refractivity contribution in [3.8, 4) is 0 Å². The van der Waals surface area contributed by atoms with Gasteiger partial charge in [0, 0.05) is 13.2 Å². The van der Waals surface area contributed by atoms with Crippen LogP contribution in [0.1, 0.15) is 19.8 Å². The Hall–Kier alpha value is -1.27. The molecule has 1 aliphatic heterocycles. The molecule has 2 N–H and O–H groups in total. The second kappa shape index (κ2) is 7.35. The van der Waals surface area contributed by atoms with Gasteiger partial charge in [0.15, 0.2) is 0 Å². The lowest BCUT2D eigenvalue weighted by Gasteiger charge is -2.11. The molecule has 0 saturated carbocycles. The molecule has 19 heavy (non-hydrogen) atoms. The van der Waals surface area contributed by atoms with E-state index in [2.05, 4.69) is 22.5 Å². The summed E-state index contributed by atoms with van der Waals surface area (Å²) in [5, 5.41) is 6.53. The van der Waals surface area contributed by atoms with Crippen molar-refractivity contribution in [3.05, 3.63) is 18.3 Å². The SMILES string of the molecule is CCSc1ccc(NC(=O)NCC2CCCO2)cn1. The summed E-state index contributed by atoms with van der Waals surface area (Å²) in [5.41, 5.74) is 0.699. The predicted octanol–water partition coefficient (Wildman–Crippen LogP) is 2.49. The standard InChI is InChI=1S/C13H19N3O2S/c1-2-19-12-6-5-10(8-14-12)16-13(17)15-9-11-4-3-7-18-11/h5-6,8,11H,2-4,7,9H2,1H3,(H2,15,16,17). The van der Waals surface area contributed by atoms with Gasteiger partial charge in [-0.1, -0.05) is 6.92 Å². The van der Waals surface area contributed by atoms with Gasteiger partial charge in [-0.2, -0.15) is 0 Å². The van der Waals surface area contributed by atoms with Gasteiger partial charge in [0.25, 0.3) is 0 Å². The molecule has 0 radical (unpaired) electrons. The first-order valence-corrected chi connectivity index (χ1v) is 7.52. The molecule has 2 heterocycles. The number of thioether (sulfide) groups is 1. The number of pyridine rings is 1. The third-order valence-electron chi connectivity index (χ3n) is 2.80. The topological polar surface area (TPSA) is 63.2 Å². The van der Waals surface area contributed by atoms with Crippen molar-refractivity contribution in [1.29, 1.82) is 0 Å². The molecule has 1 fully saturated rings. The van der Waals surface area contributed by atoms with Crippen LogP contribution in [0.2, 0.25) is 0 Å². The quantitative estimate of drug-likeness (QED) is 0.814. The fourth-order valence-electron chi connectivity index (χ4n) is 1.87. The number of nitrogens with zero attached hydrogens (tertiary/aromatic N) is 1. The highest BCUT2D eigenvalue weighted by Gasteiger charge is 2.15. The van der Waals surface area contributed by atoms with Crippen LogP contribution < -0.4 is 10.6 Å². The largest absolute Gasteiger partial charge is 0.376 e. The fourth-order valence-corrected chi connectivity index (χ4v) is 2.46. The number of nitrogens with one attached hydrogen (secondary N) is 2. The number of rotatable bonds is 5. The Morgan fingerprint density at radius 3 is 3.11 bits per heavy atom. The van der Waals surface area contributed by atoms with E-state index in [1.54, 1.807) is 18.0 Å². The zero-order valence-electron chi connectivity index (χ0n) is 11.0. The maximum absolute atomic E-state index is 11.7. The zero-order valence-corrected chi connectivity index (χ0v) is 11.8. The Kier molecular flexibility index (Phi) is 5.47. The van der Waals surface area contributed by atoms with Crippen LogP contribution in [0.4, 0.5) is 10.5 Å². The monoisotopic (exact) mass is 281 g/mol. The number of hydrogen-bond donors (Lipinski definition) is 2. The lowest BCUT2D eigenvalue weighted by Crippen LogP contribution is -2.35. The third-order valence-corrected chi connectivity index (χ3v) is 3.63. The van der Waals surface area contributed by atoms with E-state index in [0.29, 0.717) is 12.2 Å². The van der Waals surface area contributed by atoms with Gasteiger partial charge in [-0.3, -0.25) is 0 Å². The minimum Gasteiger partial charge on any atom is -0.376 e. The molecular formula is C13H19N3O2S. The normalized spacial score (nSPS) is 18.3. The molecule has 1 atom stereocenters. The molecule has 1 aromatic heterocycles. The van der Waals surface area contributed by atoms with E-state index in [1.165, 1.54) is 0 Å². The van der Waals surface area contributed by atoms with Crippen LogP contribution in [0.15, 0.2) is 23.4 Å². The van der Waals surface area contributed by atoms with E-state index >= 15 is 0 Å². The summed E-state index contributed by atoms with van der Waals surface area (Å²) in [7, 11) is 0. The highest BCUT2D eigenvalue weighted by molar-refractivity contribution is 7.99. The van der Waals surface area contributed by atoms with E-state index in [9.17, 15) is 4.79 Å². The van der Waals surface area contributed by atoms with Crippen molar-refractivity contribution in [1.82, 2.24) is 10.3 Å². The summed E-state index contributed by atoms with van der Waals surface area (Å²) < 4.78 is 5.44. The van der Waals surface area contributed by atoms with E-state index in [1.807, 2.05) is 12.1 Å². The predicted molar refractivity (Wildman–Crippen MR) is 76.6 cm³/mol. The molecule has 1 saturated heterocycles. The summed E-state index contributed by atoms with van der Waals surface area (Å²) in [6, 6.07) is 3.55. The number of urea groups is 1. The number of hydrogen-bond acceptors (Lipinski definition) is 4. The Morgan fingerprint density at radius 1 is 1.58 bits per heavy atom. The van der Waals surface area contributed by atoms with E-state index < -0.39 is 0 Å². The molecular weight excluding hydrogens is 262 g/mol. The zero-order chi connectivity index (χ0) is 13.5. The van der Waals surface area contributed by atoms with Crippen LogP contribution in [-0.2, 0) is 4.74 Å². The van der Waals surface area contributed by atoms with Crippen molar-refractivity contribution in [2.75, 3.05) is 24.2 Å². The first-order valence-electron chi connectivity index (χ1n) is 6.53. The van der Waals surface area contributed by atoms with Gasteiger partial charge in [0.1, 0.15) is 0 Å². The number of carbonyl (C=O) groups is 1. The van der Waals surface area contributed by atoms with Gasteiger partial charge in [-0.25, -0.2) is 9.78 Å². The molecule has 1 unspecified atom stereocenters. The van der Waals surface area contributed by atoms with Crippen LogP contribution in [0, 0.1) is 0 Å². The number of ether oxygens (including phenoxy) is 1. The Morgan fingerprint density at radius 2 is 2.47 bits per heavy atom. The van der Waals surface area contributed by atoms with Crippen LogP contribution in [0.3, 0.4) is 0 Å². The molecule has 2 rings (SSSR count). The fraction of sp³-hybridized carbons (Fsp3) is 0.538. The molecule has 0 spiro atoms. The maximum atomic E-state index is 11.7. The number of carbonyl (C=O) groups excluding carboxylic acids is 1. The second-order valence-corrected chi connectivity index (χ2v) is 5.57. The Labute approximate surface area is 117 Å². The Bertz CT molecular complexity index is 405. The van der Waals surface area contributed by atoms with Gasteiger partial charge in [0.2, 0.25) is 0 Å². The molecule has 1 aliphatic rings. The second-order valence-electron chi connectivity index (χ2n) is 4.29. The van der Waals surface area contributed by atoms with Crippen molar-refractivity contribution in [3.63, 3.8) is 0 Å². The molecule has 0 aromatic carbocycles. The summed E-state index contributed by atoms with van der Waals surface area (Å²) in [4.78, 5) is 15.9. The van der Waals surface area contributed by atoms with Gasteiger partial charge in [0.05, 0.1) is 23.0 Å². The summed E-state index contributed by atoms with van der Waals surface area (Å²) in [6.07, 6.45) is 3.93. The highest BCUT2D eigenvalue weighted by atomic mass is 32.2. The van der Waals surface area contributed by atoms with Gasteiger partial charge in [-0.15, -0.1) is 11.8 Å². The summed E-state index contributed by atoms with van der Waals surface area (Å²) in [6.45, 7) is 3.44. The third kappa shape index (κ3) is 4.72. The first kappa shape index (κ1) is 14.1. The minimum absolute atomic E-state index is 0.159. The molecule has 6 heteroatoms. The first-order chi connectivity index (χ1) is 9.28. The van der Waals surface area contributed by atoms with Crippen LogP contribution >= 0.6 is 11.8 Å². The molecule has 0 aliphatic carbocycles. The van der Waals surface area contributed by atoms with E-state index in [0.717, 1.165) is 30.2 Å².